The van der Waals surface area contributed by atoms with E-state index in [1.165, 1.54) is 30.5 Å². The maximum Gasteiger partial charge on any atom is 0.573 e. The van der Waals surface area contributed by atoms with Gasteiger partial charge in [0.25, 0.3) is 11.8 Å². The molecule has 3 N–H and O–H groups in total. The maximum atomic E-state index is 14.4. The molecule has 0 spiro atoms. The number of ether oxygens (including phenoxy) is 1. The molecule has 1 fully saturated rings. The van der Waals surface area contributed by atoms with Crippen molar-refractivity contribution in [2.24, 2.45) is 7.05 Å². The Kier molecular flexibility index (Phi) is 9.78. The number of rotatable bonds is 11. The Labute approximate surface area is 325 Å². The molecule has 0 radical (unpaired) electrons. The first kappa shape index (κ1) is 38.7. The average Bonchev–Trinajstić information content (AvgIpc) is 3.46. The monoisotopic (exact) mass is 815 g/mol. The number of aliphatic hydroxyl groups is 1. The Hall–Kier alpha value is -5.59. The Morgan fingerprint density at radius 2 is 1.73 bits per heavy atom. The van der Waals surface area contributed by atoms with E-state index in [0.717, 1.165) is 40.9 Å². The van der Waals surface area contributed by atoms with Crippen LogP contribution in [0.4, 0.5) is 29.2 Å². The number of aromatic nitrogens is 6. The van der Waals surface area contributed by atoms with Gasteiger partial charge in [0, 0.05) is 25.2 Å². The van der Waals surface area contributed by atoms with Crippen LogP contribution in [-0.2, 0) is 34.1 Å². The molecule has 1 aliphatic carbocycles. The molecule has 3 atom stereocenters. The van der Waals surface area contributed by atoms with Crippen LogP contribution in [0.25, 0.3) is 11.3 Å². The molecule has 56 heavy (non-hydrogen) atoms. The van der Waals surface area contributed by atoms with Gasteiger partial charge in [0.1, 0.15) is 23.0 Å². The third-order valence-electron chi connectivity index (χ3n) is 9.58. The van der Waals surface area contributed by atoms with Crippen LogP contribution in [0, 0.1) is 5.82 Å². The van der Waals surface area contributed by atoms with Crippen LogP contribution in [0.3, 0.4) is 0 Å². The van der Waals surface area contributed by atoms with Crippen molar-refractivity contribution in [3.63, 3.8) is 0 Å². The van der Waals surface area contributed by atoms with Crippen molar-refractivity contribution in [1.29, 1.82) is 0 Å². The standard InChI is InChI=1S/C36H31Cl2F4N9O5/c1-18(52)29(31(54)46-35(10-11-35)27-9-8-25(47-48-27)20-15-44-49(3)17-20)45-30(53)26-16-43-33-50(21-12-23(37)28(39)24(38)13-21)32(55)34(2,51(26)33)14-19-4-6-22(7-5-19)56-36(40,41)42/h4-9,12-13,15-18,29,52H,10-11,14H2,1-3H3,(H,45,53)(H,46,54)/t18-,29+,34-/m1/s1. The van der Waals surface area contributed by atoms with E-state index in [1.54, 1.807) is 36.3 Å². The topological polar surface area (TPSA) is 169 Å². The molecule has 0 bridgehead atoms. The van der Waals surface area contributed by atoms with E-state index in [2.05, 4.69) is 35.7 Å². The summed E-state index contributed by atoms with van der Waals surface area (Å²) >= 11 is 12.2. The normalized spacial score (nSPS) is 18.3. The summed E-state index contributed by atoms with van der Waals surface area (Å²) in [7, 11) is 1.77. The van der Waals surface area contributed by atoms with Gasteiger partial charge in [0.15, 0.2) is 5.82 Å². The minimum Gasteiger partial charge on any atom is -0.406 e. The highest BCUT2D eigenvalue weighted by atomic mass is 35.5. The molecule has 0 saturated heterocycles. The quantitative estimate of drug-likeness (QED) is 0.118. The largest absolute Gasteiger partial charge is 0.573 e. The molecule has 2 aromatic carbocycles. The van der Waals surface area contributed by atoms with Gasteiger partial charge in [-0.05, 0) is 68.7 Å². The minimum absolute atomic E-state index is 0.00962. The lowest BCUT2D eigenvalue weighted by molar-refractivity contribution is -0.274. The number of carbonyl (C=O) groups is 3. The van der Waals surface area contributed by atoms with E-state index in [0.29, 0.717) is 29.8 Å². The molecular weight excluding hydrogens is 785 g/mol. The summed E-state index contributed by atoms with van der Waals surface area (Å²) in [4.78, 5) is 47.6. The molecule has 5 aromatic rings. The van der Waals surface area contributed by atoms with Gasteiger partial charge < -0.3 is 20.5 Å². The first-order chi connectivity index (χ1) is 26.4. The highest BCUT2D eigenvalue weighted by Gasteiger charge is 2.52. The maximum absolute atomic E-state index is 14.4. The van der Waals surface area contributed by atoms with Gasteiger partial charge in [0.2, 0.25) is 11.9 Å². The molecule has 0 unspecified atom stereocenters. The predicted molar refractivity (Wildman–Crippen MR) is 192 cm³/mol. The zero-order valence-electron chi connectivity index (χ0n) is 29.6. The van der Waals surface area contributed by atoms with Crippen LogP contribution in [-0.4, -0.2) is 70.9 Å². The van der Waals surface area contributed by atoms with Crippen molar-refractivity contribution in [2.75, 3.05) is 4.90 Å². The average molecular weight is 817 g/mol. The fraction of sp³-hybridized carbons (Fsp3) is 0.306. The lowest BCUT2D eigenvalue weighted by Crippen LogP contribution is -2.55. The number of carbonyl (C=O) groups excluding carboxylic acids is 3. The fourth-order valence-electron chi connectivity index (χ4n) is 6.64. The molecule has 1 saturated carbocycles. The van der Waals surface area contributed by atoms with Crippen molar-refractivity contribution in [1.82, 2.24) is 40.2 Å². The Balaban J connectivity index is 1.18. The second-order valence-corrected chi connectivity index (χ2v) is 14.6. The van der Waals surface area contributed by atoms with Crippen molar-refractivity contribution in [2.45, 2.75) is 62.7 Å². The van der Waals surface area contributed by atoms with Crippen LogP contribution >= 0.6 is 23.2 Å². The van der Waals surface area contributed by atoms with E-state index in [-0.39, 0.29) is 23.8 Å². The third-order valence-corrected chi connectivity index (χ3v) is 10.1. The van der Waals surface area contributed by atoms with Crippen molar-refractivity contribution in [3.05, 3.63) is 99.9 Å². The molecule has 3 amide bonds. The first-order valence-corrected chi connectivity index (χ1v) is 17.7. The number of fused-ring (bicyclic) bond motifs is 1. The molecule has 4 heterocycles. The predicted octanol–water partition coefficient (Wildman–Crippen LogP) is 5.34. The number of aliphatic hydroxyl groups excluding tert-OH is 1. The number of amides is 3. The zero-order chi connectivity index (χ0) is 40.3. The zero-order valence-corrected chi connectivity index (χ0v) is 31.1. The van der Waals surface area contributed by atoms with Crippen LogP contribution in [0.1, 0.15) is 48.4 Å². The summed E-state index contributed by atoms with van der Waals surface area (Å²) < 4.78 is 59.8. The van der Waals surface area contributed by atoms with Gasteiger partial charge in [-0.2, -0.15) is 15.3 Å². The SMILES string of the molecule is C[C@@H](O)[C@H](NC(=O)c1cnc2n1[C@](C)(Cc1ccc(OC(F)(F)F)cc1)C(=O)N2c1cc(Cl)c(F)c(Cl)c1)C(=O)NC1(c2ccc(-c3cnn(C)c3)nn2)CC1. The Morgan fingerprint density at radius 1 is 1.05 bits per heavy atom. The molecule has 2 aliphatic rings. The fourth-order valence-corrected chi connectivity index (χ4v) is 7.11. The van der Waals surface area contributed by atoms with E-state index in [1.807, 2.05) is 0 Å². The number of alkyl halides is 3. The van der Waals surface area contributed by atoms with Gasteiger partial charge in [-0.1, -0.05) is 35.3 Å². The van der Waals surface area contributed by atoms with Crippen LogP contribution < -0.4 is 20.3 Å². The summed E-state index contributed by atoms with van der Waals surface area (Å²) in [6, 6.07) is 9.07. The molecular formula is C36H31Cl2F4N9O5. The Morgan fingerprint density at radius 3 is 2.29 bits per heavy atom. The van der Waals surface area contributed by atoms with Gasteiger partial charge >= 0.3 is 6.36 Å². The summed E-state index contributed by atoms with van der Waals surface area (Å²) in [6.07, 6.45) is -0.911. The lowest BCUT2D eigenvalue weighted by Gasteiger charge is -2.28. The number of benzene rings is 2. The number of hydrogen-bond acceptors (Lipinski definition) is 9. The summed E-state index contributed by atoms with van der Waals surface area (Å²) in [5.41, 5.74) is -0.614. The first-order valence-electron chi connectivity index (χ1n) is 17.0. The van der Waals surface area contributed by atoms with Crippen molar-refractivity contribution >= 4 is 52.6 Å². The number of hydrogen-bond donors (Lipinski definition) is 3. The highest BCUT2D eigenvalue weighted by molar-refractivity contribution is 6.35. The molecule has 14 nitrogen and oxygen atoms in total. The number of anilines is 2. The molecule has 3 aromatic heterocycles. The molecule has 20 heteroatoms. The second-order valence-electron chi connectivity index (χ2n) is 13.8. The van der Waals surface area contributed by atoms with Crippen LogP contribution in [0.5, 0.6) is 5.75 Å². The summed E-state index contributed by atoms with van der Waals surface area (Å²) in [6.45, 7) is 2.79. The molecule has 292 valence electrons. The second kappa shape index (κ2) is 14.2. The van der Waals surface area contributed by atoms with Gasteiger partial charge in [-0.15, -0.1) is 13.2 Å². The number of aryl methyl sites for hydroxylation is 1. The highest BCUT2D eigenvalue weighted by Crippen LogP contribution is 2.46. The van der Waals surface area contributed by atoms with E-state index >= 15 is 0 Å². The lowest BCUT2D eigenvalue weighted by atomic mass is 9.91. The molecule has 1 aliphatic heterocycles. The minimum atomic E-state index is -4.93. The third kappa shape index (κ3) is 7.26. The summed E-state index contributed by atoms with van der Waals surface area (Å²) in [5, 5.41) is 28.1. The number of nitrogens with zero attached hydrogens (tertiary/aromatic N) is 7. The van der Waals surface area contributed by atoms with Crippen LogP contribution in [0.15, 0.2) is 67.1 Å². The Bertz CT molecular complexity index is 2320. The molecule has 7 rings (SSSR count). The summed E-state index contributed by atoms with van der Waals surface area (Å²) in [5.74, 6) is -3.83. The van der Waals surface area contributed by atoms with Gasteiger partial charge in [0.05, 0.1) is 51.2 Å². The van der Waals surface area contributed by atoms with E-state index < -0.39 is 68.9 Å². The van der Waals surface area contributed by atoms with Gasteiger partial charge in [-0.3, -0.25) is 23.6 Å². The van der Waals surface area contributed by atoms with Crippen molar-refractivity contribution < 1.29 is 41.8 Å². The smallest absolute Gasteiger partial charge is 0.406 e. The number of halogens is 6. The number of nitrogens with one attached hydrogen (secondary N) is 2. The van der Waals surface area contributed by atoms with Gasteiger partial charge in [-0.25, -0.2) is 14.3 Å². The van der Waals surface area contributed by atoms with Crippen molar-refractivity contribution in [3.8, 4) is 17.0 Å². The van der Waals surface area contributed by atoms with Crippen LogP contribution in [0.2, 0.25) is 10.0 Å². The number of imidazole rings is 1. The van der Waals surface area contributed by atoms with E-state index in [4.69, 9.17) is 23.2 Å². The van der Waals surface area contributed by atoms with E-state index in [9.17, 15) is 37.1 Å².